The molecule has 1 atom stereocenters. The van der Waals surface area contributed by atoms with Gasteiger partial charge < -0.3 is 10.4 Å². The summed E-state index contributed by atoms with van der Waals surface area (Å²) in [6, 6.07) is 2.82. The summed E-state index contributed by atoms with van der Waals surface area (Å²) in [5.74, 6) is -0.369. The van der Waals surface area contributed by atoms with E-state index in [1.807, 2.05) is 0 Å². The molecule has 2 aliphatic rings. The third-order valence-corrected chi connectivity index (χ3v) is 4.35. The average molecular weight is 358 g/mol. The Morgan fingerprint density at radius 3 is 2.43 bits per heavy atom. The highest BCUT2D eigenvalue weighted by atomic mass is 35.5. The van der Waals surface area contributed by atoms with E-state index in [1.165, 1.54) is 6.07 Å². The SMILES string of the molecule is Cl.Cl.Oc1c(F)ccc(Cl)c1[C@H](C1CC1)N1CCNCC1. The van der Waals surface area contributed by atoms with Gasteiger partial charge in [0.1, 0.15) is 0 Å². The molecule has 21 heavy (non-hydrogen) atoms. The molecular formula is C14H20Cl3FN2O. The molecule has 1 saturated heterocycles. The third-order valence-electron chi connectivity index (χ3n) is 4.02. The Balaban J connectivity index is 0.00000110. The van der Waals surface area contributed by atoms with Crippen LogP contribution in [0.5, 0.6) is 5.75 Å². The van der Waals surface area contributed by atoms with Gasteiger partial charge in [0.2, 0.25) is 0 Å². The van der Waals surface area contributed by atoms with Crippen LogP contribution in [0, 0.1) is 11.7 Å². The molecule has 1 aromatic carbocycles. The number of rotatable bonds is 3. The zero-order valence-electron chi connectivity index (χ0n) is 11.5. The Kier molecular flexibility index (Phi) is 7.01. The van der Waals surface area contributed by atoms with Crippen LogP contribution in [0.25, 0.3) is 0 Å². The smallest absolute Gasteiger partial charge is 0.165 e. The van der Waals surface area contributed by atoms with Gasteiger partial charge in [0.05, 0.1) is 0 Å². The number of nitrogens with one attached hydrogen (secondary N) is 1. The summed E-state index contributed by atoms with van der Waals surface area (Å²) in [4.78, 5) is 2.31. The van der Waals surface area contributed by atoms with E-state index in [0.29, 0.717) is 16.5 Å². The fraction of sp³-hybridized carbons (Fsp3) is 0.571. The summed E-state index contributed by atoms with van der Waals surface area (Å²) in [5.41, 5.74) is 0.575. The number of halogens is 4. The Morgan fingerprint density at radius 1 is 1.24 bits per heavy atom. The molecule has 1 heterocycles. The van der Waals surface area contributed by atoms with Crippen molar-refractivity contribution >= 4 is 36.4 Å². The van der Waals surface area contributed by atoms with E-state index in [4.69, 9.17) is 11.6 Å². The number of hydrogen-bond donors (Lipinski definition) is 2. The summed E-state index contributed by atoms with van der Waals surface area (Å²) >= 11 is 6.22. The van der Waals surface area contributed by atoms with Crippen molar-refractivity contribution in [3.05, 3.63) is 28.5 Å². The predicted molar refractivity (Wildman–Crippen MR) is 87.5 cm³/mol. The first kappa shape index (κ1) is 18.8. The molecule has 0 aromatic heterocycles. The van der Waals surface area contributed by atoms with E-state index in [2.05, 4.69) is 10.2 Å². The van der Waals surface area contributed by atoms with Crippen molar-refractivity contribution in [1.29, 1.82) is 0 Å². The first-order valence-electron chi connectivity index (χ1n) is 6.80. The Morgan fingerprint density at radius 2 is 1.86 bits per heavy atom. The summed E-state index contributed by atoms with van der Waals surface area (Å²) in [7, 11) is 0. The van der Waals surface area contributed by atoms with Gasteiger partial charge in [-0.1, -0.05) is 11.6 Å². The molecule has 1 saturated carbocycles. The fourth-order valence-corrected chi connectivity index (χ4v) is 3.19. The Labute approximate surface area is 141 Å². The van der Waals surface area contributed by atoms with Crippen LogP contribution in [-0.4, -0.2) is 36.2 Å². The zero-order valence-corrected chi connectivity index (χ0v) is 13.9. The van der Waals surface area contributed by atoms with Crippen molar-refractivity contribution in [2.24, 2.45) is 5.92 Å². The van der Waals surface area contributed by atoms with E-state index < -0.39 is 5.82 Å². The molecule has 2 N–H and O–H groups in total. The highest BCUT2D eigenvalue weighted by Crippen LogP contribution is 2.49. The Bertz CT molecular complexity index is 480. The van der Waals surface area contributed by atoms with Gasteiger partial charge in [0.15, 0.2) is 11.6 Å². The van der Waals surface area contributed by atoms with Gasteiger partial charge >= 0.3 is 0 Å². The van der Waals surface area contributed by atoms with E-state index in [9.17, 15) is 9.50 Å². The van der Waals surface area contributed by atoms with Crippen molar-refractivity contribution in [3.63, 3.8) is 0 Å². The Hall–Kier alpha value is -0.260. The van der Waals surface area contributed by atoms with Gasteiger partial charge in [-0.2, -0.15) is 0 Å². The van der Waals surface area contributed by atoms with E-state index >= 15 is 0 Å². The van der Waals surface area contributed by atoms with Gasteiger partial charge in [0, 0.05) is 42.8 Å². The fourth-order valence-electron chi connectivity index (χ4n) is 2.93. The molecule has 0 amide bonds. The maximum Gasteiger partial charge on any atom is 0.165 e. The maximum absolute atomic E-state index is 13.6. The van der Waals surface area contributed by atoms with Crippen LogP contribution in [-0.2, 0) is 0 Å². The van der Waals surface area contributed by atoms with Crippen molar-refractivity contribution in [1.82, 2.24) is 10.2 Å². The number of benzene rings is 1. The average Bonchev–Trinajstić information content (AvgIpc) is 3.24. The highest BCUT2D eigenvalue weighted by Gasteiger charge is 2.39. The summed E-state index contributed by atoms with van der Waals surface area (Å²) < 4.78 is 13.6. The second kappa shape index (κ2) is 7.84. The largest absolute Gasteiger partial charge is 0.505 e. The normalized spacial score (nSPS) is 20.3. The zero-order chi connectivity index (χ0) is 13.4. The lowest BCUT2D eigenvalue weighted by Gasteiger charge is -2.36. The number of phenols is 1. The van der Waals surface area contributed by atoms with E-state index in [-0.39, 0.29) is 36.6 Å². The lowest BCUT2D eigenvalue weighted by Crippen LogP contribution is -2.45. The van der Waals surface area contributed by atoms with Gasteiger partial charge in [-0.3, -0.25) is 4.90 Å². The van der Waals surface area contributed by atoms with Crippen LogP contribution in [0.1, 0.15) is 24.4 Å². The topological polar surface area (TPSA) is 35.5 Å². The predicted octanol–water partition coefficient (Wildman–Crippen LogP) is 3.38. The van der Waals surface area contributed by atoms with Crippen LogP contribution < -0.4 is 5.32 Å². The molecule has 3 rings (SSSR count). The molecule has 0 bridgehead atoms. The molecule has 2 fully saturated rings. The van der Waals surface area contributed by atoms with Crippen LogP contribution in [0.3, 0.4) is 0 Å². The van der Waals surface area contributed by atoms with Crippen LogP contribution in [0.15, 0.2) is 12.1 Å². The molecule has 0 unspecified atom stereocenters. The number of hydrogen-bond acceptors (Lipinski definition) is 3. The van der Waals surface area contributed by atoms with E-state index in [1.54, 1.807) is 6.07 Å². The van der Waals surface area contributed by atoms with Gasteiger partial charge in [-0.05, 0) is 30.9 Å². The standard InChI is InChI=1S/C14H18ClFN2O.2ClH/c15-10-3-4-11(16)14(19)12(10)13(9-1-2-9)18-7-5-17-6-8-18;;/h3-4,9,13,17,19H,1-2,5-8H2;2*1H/t13-;;/m0../s1. The first-order chi connectivity index (χ1) is 9.18. The third kappa shape index (κ3) is 3.93. The molecule has 1 aromatic rings. The first-order valence-corrected chi connectivity index (χ1v) is 7.18. The highest BCUT2D eigenvalue weighted by molar-refractivity contribution is 6.31. The minimum absolute atomic E-state index is 0. The molecular weight excluding hydrogens is 338 g/mol. The number of nitrogens with zero attached hydrogens (tertiary/aromatic N) is 1. The summed E-state index contributed by atoms with van der Waals surface area (Å²) in [6.45, 7) is 3.68. The van der Waals surface area contributed by atoms with Gasteiger partial charge in [-0.15, -0.1) is 24.8 Å². The van der Waals surface area contributed by atoms with Crippen LogP contribution >= 0.6 is 36.4 Å². The lowest BCUT2D eigenvalue weighted by atomic mass is 9.98. The van der Waals surface area contributed by atoms with Crippen molar-refractivity contribution in [2.45, 2.75) is 18.9 Å². The molecule has 0 radical (unpaired) electrons. The van der Waals surface area contributed by atoms with Crippen molar-refractivity contribution < 1.29 is 9.50 Å². The van der Waals surface area contributed by atoms with Crippen LogP contribution in [0.2, 0.25) is 5.02 Å². The van der Waals surface area contributed by atoms with Gasteiger partial charge in [-0.25, -0.2) is 4.39 Å². The van der Waals surface area contributed by atoms with Gasteiger partial charge in [0.25, 0.3) is 0 Å². The molecule has 1 aliphatic carbocycles. The molecule has 1 aliphatic heterocycles. The minimum atomic E-state index is -0.583. The molecule has 7 heteroatoms. The lowest BCUT2D eigenvalue weighted by molar-refractivity contribution is 0.153. The van der Waals surface area contributed by atoms with Crippen LogP contribution in [0.4, 0.5) is 4.39 Å². The monoisotopic (exact) mass is 356 g/mol. The second-order valence-corrected chi connectivity index (χ2v) is 5.77. The second-order valence-electron chi connectivity index (χ2n) is 5.36. The van der Waals surface area contributed by atoms with Crippen molar-refractivity contribution in [2.75, 3.05) is 26.2 Å². The number of piperazine rings is 1. The maximum atomic E-state index is 13.6. The number of aromatic hydroxyl groups is 1. The summed E-state index contributed by atoms with van der Waals surface area (Å²) in [6.07, 6.45) is 2.25. The molecule has 3 nitrogen and oxygen atoms in total. The number of phenolic OH excluding ortho intramolecular Hbond substituents is 1. The van der Waals surface area contributed by atoms with Crippen molar-refractivity contribution in [3.8, 4) is 5.75 Å². The minimum Gasteiger partial charge on any atom is -0.505 e. The van der Waals surface area contributed by atoms with E-state index in [0.717, 1.165) is 39.0 Å². The summed E-state index contributed by atoms with van der Waals surface area (Å²) in [5, 5.41) is 13.8. The quantitative estimate of drug-likeness (QED) is 0.870. The molecule has 120 valence electrons. The molecule has 0 spiro atoms.